The van der Waals surface area contributed by atoms with E-state index in [-0.39, 0.29) is 11.7 Å². The molecule has 98 valence electrons. The van der Waals surface area contributed by atoms with E-state index in [1.54, 1.807) is 13.0 Å². The van der Waals surface area contributed by atoms with E-state index in [4.69, 9.17) is 9.52 Å². The minimum atomic E-state index is -1.06. The SMILES string of the molecule is Cc1cc(CN2CCCNC(=O)C2)oc1C(=O)O. The molecule has 1 aromatic heterocycles. The quantitative estimate of drug-likeness (QED) is 0.823. The second kappa shape index (κ2) is 5.22. The summed E-state index contributed by atoms with van der Waals surface area (Å²) in [6.45, 7) is 3.96. The van der Waals surface area contributed by atoms with Crippen molar-refractivity contribution in [1.82, 2.24) is 10.2 Å². The summed E-state index contributed by atoms with van der Waals surface area (Å²) >= 11 is 0. The van der Waals surface area contributed by atoms with Crippen molar-refractivity contribution in [3.8, 4) is 0 Å². The highest BCUT2D eigenvalue weighted by molar-refractivity contribution is 5.86. The first-order chi connectivity index (χ1) is 8.56. The average Bonchev–Trinajstić information content (AvgIpc) is 2.52. The van der Waals surface area contributed by atoms with Crippen molar-refractivity contribution in [3.63, 3.8) is 0 Å². The molecule has 0 saturated carbocycles. The van der Waals surface area contributed by atoms with Crippen molar-refractivity contribution in [3.05, 3.63) is 23.2 Å². The van der Waals surface area contributed by atoms with Crippen molar-refractivity contribution < 1.29 is 19.1 Å². The Kier molecular flexibility index (Phi) is 3.66. The van der Waals surface area contributed by atoms with Gasteiger partial charge < -0.3 is 14.8 Å². The number of carbonyl (C=O) groups excluding carboxylic acids is 1. The average molecular weight is 252 g/mol. The topological polar surface area (TPSA) is 82.8 Å². The van der Waals surface area contributed by atoms with Gasteiger partial charge in [0.2, 0.25) is 11.7 Å². The van der Waals surface area contributed by atoms with E-state index >= 15 is 0 Å². The fourth-order valence-electron chi connectivity index (χ4n) is 2.06. The normalized spacial score (nSPS) is 17.3. The Balaban J connectivity index is 2.06. The van der Waals surface area contributed by atoms with E-state index in [1.807, 2.05) is 4.90 Å². The van der Waals surface area contributed by atoms with Gasteiger partial charge in [-0.1, -0.05) is 0 Å². The van der Waals surface area contributed by atoms with E-state index in [2.05, 4.69) is 5.32 Å². The summed E-state index contributed by atoms with van der Waals surface area (Å²) in [4.78, 5) is 24.2. The number of nitrogens with zero attached hydrogens (tertiary/aromatic N) is 1. The summed E-state index contributed by atoms with van der Waals surface area (Å²) in [5.41, 5.74) is 0.608. The maximum atomic E-state index is 11.4. The molecule has 2 N–H and O–H groups in total. The Morgan fingerprint density at radius 2 is 2.39 bits per heavy atom. The van der Waals surface area contributed by atoms with Crippen LogP contribution in [0.5, 0.6) is 0 Å². The molecule has 0 radical (unpaired) electrons. The van der Waals surface area contributed by atoms with Crippen LogP contribution in [0.4, 0.5) is 0 Å². The predicted octanol–water partition coefficient (Wildman–Crippen LogP) is 0.608. The third-order valence-electron chi connectivity index (χ3n) is 2.88. The number of carboxylic acids is 1. The van der Waals surface area contributed by atoms with Crippen LogP contribution in [0.2, 0.25) is 0 Å². The smallest absolute Gasteiger partial charge is 0.372 e. The van der Waals surface area contributed by atoms with Crippen LogP contribution in [0.3, 0.4) is 0 Å². The summed E-state index contributed by atoms with van der Waals surface area (Å²) in [6, 6.07) is 1.71. The summed E-state index contributed by atoms with van der Waals surface area (Å²) in [6.07, 6.45) is 0.886. The number of aromatic carboxylic acids is 1. The zero-order valence-corrected chi connectivity index (χ0v) is 10.2. The van der Waals surface area contributed by atoms with Crippen LogP contribution in [0.1, 0.15) is 28.3 Å². The molecule has 1 aliphatic rings. The van der Waals surface area contributed by atoms with E-state index in [1.165, 1.54) is 0 Å². The summed E-state index contributed by atoms with van der Waals surface area (Å²) in [5.74, 6) is -0.509. The van der Waals surface area contributed by atoms with Gasteiger partial charge in [-0.2, -0.15) is 0 Å². The second-order valence-electron chi connectivity index (χ2n) is 4.44. The molecule has 0 bridgehead atoms. The van der Waals surface area contributed by atoms with Crippen LogP contribution < -0.4 is 5.32 Å². The van der Waals surface area contributed by atoms with E-state index < -0.39 is 5.97 Å². The predicted molar refractivity (Wildman–Crippen MR) is 63.3 cm³/mol. The number of amides is 1. The standard InChI is InChI=1S/C12H16N2O4/c1-8-5-9(18-11(8)12(16)17)6-14-4-2-3-13-10(15)7-14/h5H,2-4,6-7H2,1H3,(H,13,15)(H,16,17). The zero-order chi connectivity index (χ0) is 13.1. The highest BCUT2D eigenvalue weighted by atomic mass is 16.4. The Bertz CT molecular complexity index is 467. The second-order valence-corrected chi connectivity index (χ2v) is 4.44. The first-order valence-electron chi connectivity index (χ1n) is 5.88. The molecule has 18 heavy (non-hydrogen) atoms. The molecule has 1 saturated heterocycles. The van der Waals surface area contributed by atoms with Crippen molar-refractivity contribution in [2.24, 2.45) is 0 Å². The third-order valence-corrected chi connectivity index (χ3v) is 2.88. The van der Waals surface area contributed by atoms with E-state index in [0.29, 0.717) is 31.0 Å². The van der Waals surface area contributed by atoms with Gasteiger partial charge >= 0.3 is 5.97 Å². The molecule has 2 rings (SSSR count). The molecule has 0 spiro atoms. The lowest BCUT2D eigenvalue weighted by Gasteiger charge is -2.16. The lowest BCUT2D eigenvalue weighted by Crippen LogP contribution is -2.32. The van der Waals surface area contributed by atoms with Gasteiger partial charge in [-0.25, -0.2) is 4.79 Å². The van der Waals surface area contributed by atoms with Gasteiger partial charge in [0.1, 0.15) is 5.76 Å². The van der Waals surface area contributed by atoms with Crippen molar-refractivity contribution >= 4 is 11.9 Å². The van der Waals surface area contributed by atoms with Gasteiger partial charge in [0.05, 0.1) is 13.1 Å². The monoisotopic (exact) mass is 252 g/mol. The molecule has 0 aliphatic carbocycles. The lowest BCUT2D eigenvalue weighted by atomic mass is 10.2. The van der Waals surface area contributed by atoms with Gasteiger partial charge in [-0.3, -0.25) is 9.69 Å². The van der Waals surface area contributed by atoms with Crippen molar-refractivity contribution in [2.45, 2.75) is 19.9 Å². The van der Waals surface area contributed by atoms with Gasteiger partial charge in [0.25, 0.3) is 0 Å². The van der Waals surface area contributed by atoms with Gasteiger partial charge in [0.15, 0.2) is 0 Å². The Morgan fingerprint density at radius 1 is 1.61 bits per heavy atom. The van der Waals surface area contributed by atoms with Crippen LogP contribution in [0.15, 0.2) is 10.5 Å². The number of hydrogen-bond donors (Lipinski definition) is 2. The lowest BCUT2D eigenvalue weighted by molar-refractivity contribution is -0.121. The van der Waals surface area contributed by atoms with E-state index in [0.717, 1.165) is 13.0 Å². The molecule has 6 heteroatoms. The molecule has 0 aromatic carbocycles. The summed E-state index contributed by atoms with van der Waals surface area (Å²) in [5, 5.41) is 11.7. The first-order valence-corrected chi connectivity index (χ1v) is 5.88. The fourth-order valence-corrected chi connectivity index (χ4v) is 2.06. The minimum absolute atomic E-state index is 0.00534. The molecular weight excluding hydrogens is 236 g/mol. The number of rotatable bonds is 3. The van der Waals surface area contributed by atoms with Gasteiger partial charge in [-0.05, 0) is 19.4 Å². The fraction of sp³-hybridized carbons (Fsp3) is 0.500. The Hall–Kier alpha value is -1.82. The Morgan fingerprint density at radius 3 is 3.06 bits per heavy atom. The molecule has 0 atom stereocenters. The zero-order valence-electron chi connectivity index (χ0n) is 10.2. The maximum Gasteiger partial charge on any atom is 0.372 e. The molecule has 1 amide bonds. The highest BCUT2D eigenvalue weighted by Crippen LogP contribution is 2.16. The van der Waals surface area contributed by atoms with Gasteiger partial charge in [-0.15, -0.1) is 0 Å². The Labute approximate surface area is 105 Å². The molecule has 0 unspecified atom stereocenters. The number of carboxylic acid groups (broad SMARTS) is 1. The molecule has 1 aliphatic heterocycles. The highest BCUT2D eigenvalue weighted by Gasteiger charge is 2.19. The minimum Gasteiger partial charge on any atom is -0.475 e. The molecule has 6 nitrogen and oxygen atoms in total. The summed E-state index contributed by atoms with van der Waals surface area (Å²) < 4.78 is 5.28. The van der Waals surface area contributed by atoms with Crippen LogP contribution >= 0.6 is 0 Å². The van der Waals surface area contributed by atoms with Crippen LogP contribution in [-0.4, -0.2) is 41.5 Å². The van der Waals surface area contributed by atoms with Crippen molar-refractivity contribution in [2.75, 3.05) is 19.6 Å². The molecular formula is C12H16N2O4. The molecule has 1 fully saturated rings. The van der Waals surface area contributed by atoms with E-state index in [9.17, 15) is 9.59 Å². The number of hydrogen-bond acceptors (Lipinski definition) is 4. The molecule has 1 aromatic rings. The number of carbonyl (C=O) groups is 2. The van der Waals surface area contributed by atoms with Crippen LogP contribution in [0, 0.1) is 6.92 Å². The largest absolute Gasteiger partial charge is 0.475 e. The van der Waals surface area contributed by atoms with Crippen LogP contribution in [0.25, 0.3) is 0 Å². The first kappa shape index (κ1) is 12.6. The third kappa shape index (κ3) is 2.89. The van der Waals surface area contributed by atoms with Crippen LogP contribution in [-0.2, 0) is 11.3 Å². The number of furan rings is 1. The summed E-state index contributed by atoms with van der Waals surface area (Å²) in [7, 11) is 0. The van der Waals surface area contributed by atoms with Crippen molar-refractivity contribution in [1.29, 1.82) is 0 Å². The molecule has 2 heterocycles. The number of aryl methyl sites for hydroxylation is 1. The van der Waals surface area contributed by atoms with Gasteiger partial charge in [0, 0.05) is 18.7 Å². The maximum absolute atomic E-state index is 11.4. The number of nitrogens with one attached hydrogen (secondary N) is 1.